The SMILES string of the molecule is Cc1cccc(OCC(=O)N2CCCC(CO)C2)c1C. The molecule has 1 fully saturated rings. The zero-order valence-electron chi connectivity index (χ0n) is 12.3. The number of amides is 1. The quantitative estimate of drug-likeness (QED) is 0.914. The molecular weight excluding hydrogens is 254 g/mol. The monoisotopic (exact) mass is 277 g/mol. The van der Waals surface area contributed by atoms with Crippen molar-refractivity contribution in [2.24, 2.45) is 5.92 Å². The van der Waals surface area contributed by atoms with Gasteiger partial charge in [-0.25, -0.2) is 0 Å². The van der Waals surface area contributed by atoms with E-state index in [9.17, 15) is 9.90 Å². The fourth-order valence-electron chi connectivity index (χ4n) is 2.55. The Hall–Kier alpha value is -1.55. The minimum absolute atomic E-state index is 0.00376. The fourth-order valence-corrected chi connectivity index (χ4v) is 2.55. The molecule has 1 atom stereocenters. The van der Waals surface area contributed by atoms with Crippen LogP contribution >= 0.6 is 0 Å². The van der Waals surface area contributed by atoms with Gasteiger partial charge < -0.3 is 14.7 Å². The molecule has 0 aliphatic carbocycles. The number of rotatable bonds is 4. The van der Waals surface area contributed by atoms with Crippen molar-refractivity contribution in [1.29, 1.82) is 0 Å². The van der Waals surface area contributed by atoms with E-state index in [-0.39, 0.29) is 25.0 Å². The third-order valence-corrected chi connectivity index (χ3v) is 4.04. The molecule has 1 unspecified atom stereocenters. The van der Waals surface area contributed by atoms with Crippen LogP contribution in [-0.4, -0.2) is 42.2 Å². The third kappa shape index (κ3) is 3.51. The first-order valence-electron chi connectivity index (χ1n) is 7.19. The average molecular weight is 277 g/mol. The summed E-state index contributed by atoms with van der Waals surface area (Å²) in [5, 5.41) is 9.20. The number of carbonyl (C=O) groups is 1. The third-order valence-electron chi connectivity index (χ3n) is 4.04. The topological polar surface area (TPSA) is 49.8 Å². The van der Waals surface area contributed by atoms with Crippen LogP contribution in [0.3, 0.4) is 0 Å². The summed E-state index contributed by atoms with van der Waals surface area (Å²) in [6, 6.07) is 5.85. The highest BCUT2D eigenvalue weighted by atomic mass is 16.5. The van der Waals surface area contributed by atoms with Crippen LogP contribution in [0.1, 0.15) is 24.0 Å². The lowest BCUT2D eigenvalue weighted by Crippen LogP contribution is -2.43. The smallest absolute Gasteiger partial charge is 0.260 e. The van der Waals surface area contributed by atoms with Gasteiger partial charge in [0.2, 0.25) is 0 Å². The molecule has 1 aliphatic rings. The second kappa shape index (κ2) is 6.75. The summed E-state index contributed by atoms with van der Waals surface area (Å²) in [5.74, 6) is 0.992. The van der Waals surface area contributed by atoms with Gasteiger partial charge in [-0.2, -0.15) is 0 Å². The first-order chi connectivity index (χ1) is 9.61. The molecule has 2 rings (SSSR count). The number of aryl methyl sites for hydroxylation is 1. The Kier molecular flexibility index (Phi) is 5.01. The zero-order chi connectivity index (χ0) is 14.5. The van der Waals surface area contributed by atoms with E-state index in [1.54, 1.807) is 4.90 Å². The first-order valence-corrected chi connectivity index (χ1v) is 7.19. The van der Waals surface area contributed by atoms with E-state index < -0.39 is 0 Å². The lowest BCUT2D eigenvalue weighted by molar-refractivity contribution is -0.135. The summed E-state index contributed by atoms with van der Waals surface area (Å²) in [4.78, 5) is 13.9. The Morgan fingerprint density at radius 1 is 1.45 bits per heavy atom. The molecule has 4 nitrogen and oxygen atoms in total. The molecule has 1 N–H and O–H groups in total. The van der Waals surface area contributed by atoms with E-state index >= 15 is 0 Å². The Labute approximate surface area is 120 Å². The molecule has 0 radical (unpaired) electrons. The van der Waals surface area contributed by atoms with E-state index in [0.717, 1.165) is 36.3 Å². The largest absolute Gasteiger partial charge is 0.483 e. The summed E-state index contributed by atoms with van der Waals surface area (Å²) in [6.45, 7) is 5.67. The minimum Gasteiger partial charge on any atom is -0.483 e. The van der Waals surface area contributed by atoms with Gasteiger partial charge in [-0.1, -0.05) is 12.1 Å². The number of carbonyl (C=O) groups excluding carboxylic acids is 1. The van der Waals surface area contributed by atoms with Crippen molar-refractivity contribution in [3.63, 3.8) is 0 Å². The highest BCUT2D eigenvalue weighted by Crippen LogP contribution is 2.21. The molecule has 1 saturated heterocycles. The number of piperidine rings is 1. The van der Waals surface area contributed by atoms with Gasteiger partial charge in [0, 0.05) is 19.7 Å². The molecule has 1 aliphatic heterocycles. The Balaban J connectivity index is 1.90. The highest BCUT2D eigenvalue weighted by molar-refractivity contribution is 5.78. The first kappa shape index (κ1) is 14.9. The number of benzene rings is 1. The zero-order valence-corrected chi connectivity index (χ0v) is 12.3. The van der Waals surface area contributed by atoms with Crippen molar-refractivity contribution in [2.45, 2.75) is 26.7 Å². The summed E-state index contributed by atoms with van der Waals surface area (Å²) in [5.41, 5.74) is 2.24. The van der Waals surface area contributed by atoms with Crippen LogP contribution in [0.25, 0.3) is 0 Å². The van der Waals surface area contributed by atoms with Gasteiger partial charge >= 0.3 is 0 Å². The molecule has 0 spiro atoms. The van der Waals surface area contributed by atoms with Crippen LogP contribution in [0.15, 0.2) is 18.2 Å². The van der Waals surface area contributed by atoms with Crippen LogP contribution in [0.5, 0.6) is 5.75 Å². The van der Waals surface area contributed by atoms with Crippen molar-refractivity contribution < 1.29 is 14.6 Å². The molecule has 0 aromatic heterocycles. The van der Waals surface area contributed by atoms with Gasteiger partial charge in [0.15, 0.2) is 6.61 Å². The van der Waals surface area contributed by atoms with Crippen molar-refractivity contribution in [3.05, 3.63) is 29.3 Å². The summed E-state index contributed by atoms with van der Waals surface area (Å²) < 4.78 is 5.65. The summed E-state index contributed by atoms with van der Waals surface area (Å²) in [6.07, 6.45) is 1.96. The maximum Gasteiger partial charge on any atom is 0.260 e. The number of nitrogens with zero attached hydrogens (tertiary/aromatic N) is 1. The van der Waals surface area contributed by atoms with Crippen LogP contribution < -0.4 is 4.74 Å². The minimum atomic E-state index is 0.00376. The molecule has 110 valence electrons. The van der Waals surface area contributed by atoms with Crippen LogP contribution in [0.2, 0.25) is 0 Å². The second-order valence-corrected chi connectivity index (χ2v) is 5.52. The van der Waals surface area contributed by atoms with Gasteiger partial charge in [-0.15, -0.1) is 0 Å². The van der Waals surface area contributed by atoms with Crippen LogP contribution in [0, 0.1) is 19.8 Å². The van der Waals surface area contributed by atoms with E-state index in [0.29, 0.717) is 6.54 Å². The summed E-state index contributed by atoms with van der Waals surface area (Å²) in [7, 11) is 0. The van der Waals surface area contributed by atoms with Gasteiger partial charge in [0.05, 0.1) is 0 Å². The standard InChI is InChI=1S/C16H23NO3/c1-12-5-3-7-15(13(12)2)20-11-16(19)17-8-4-6-14(9-17)10-18/h3,5,7,14,18H,4,6,8-11H2,1-2H3. The number of likely N-dealkylation sites (tertiary alicyclic amines) is 1. The van der Waals surface area contributed by atoms with Gasteiger partial charge in [0.1, 0.15) is 5.75 Å². The fraction of sp³-hybridized carbons (Fsp3) is 0.562. The molecule has 20 heavy (non-hydrogen) atoms. The molecule has 1 heterocycles. The molecule has 0 bridgehead atoms. The van der Waals surface area contributed by atoms with E-state index in [2.05, 4.69) is 0 Å². The maximum atomic E-state index is 12.1. The van der Waals surface area contributed by atoms with E-state index in [4.69, 9.17) is 4.74 Å². The average Bonchev–Trinajstić information content (AvgIpc) is 2.48. The van der Waals surface area contributed by atoms with Crippen LogP contribution in [-0.2, 0) is 4.79 Å². The predicted octanol–water partition coefficient (Wildman–Crippen LogP) is 1.91. The molecule has 1 amide bonds. The molecule has 1 aromatic rings. The highest BCUT2D eigenvalue weighted by Gasteiger charge is 2.23. The van der Waals surface area contributed by atoms with Gasteiger partial charge in [-0.05, 0) is 49.8 Å². The van der Waals surface area contributed by atoms with Gasteiger partial charge in [0.25, 0.3) is 5.91 Å². The van der Waals surface area contributed by atoms with E-state index in [1.165, 1.54) is 0 Å². The molecule has 0 saturated carbocycles. The number of hydrogen-bond donors (Lipinski definition) is 1. The molecular formula is C16H23NO3. The Bertz CT molecular complexity index is 473. The molecule has 1 aromatic carbocycles. The van der Waals surface area contributed by atoms with Gasteiger partial charge in [-0.3, -0.25) is 4.79 Å². The normalized spacial score (nSPS) is 18.9. The predicted molar refractivity (Wildman–Crippen MR) is 77.8 cm³/mol. The summed E-state index contributed by atoms with van der Waals surface area (Å²) >= 11 is 0. The number of aliphatic hydroxyl groups excluding tert-OH is 1. The lowest BCUT2D eigenvalue weighted by atomic mass is 9.99. The van der Waals surface area contributed by atoms with Crippen molar-refractivity contribution in [3.8, 4) is 5.75 Å². The maximum absolute atomic E-state index is 12.1. The molecule has 4 heteroatoms. The lowest BCUT2D eigenvalue weighted by Gasteiger charge is -2.31. The number of aliphatic hydroxyl groups is 1. The van der Waals surface area contributed by atoms with Crippen molar-refractivity contribution in [2.75, 3.05) is 26.3 Å². The number of hydrogen-bond acceptors (Lipinski definition) is 3. The van der Waals surface area contributed by atoms with Crippen molar-refractivity contribution in [1.82, 2.24) is 4.90 Å². The van der Waals surface area contributed by atoms with E-state index in [1.807, 2.05) is 32.0 Å². The van der Waals surface area contributed by atoms with Crippen LogP contribution in [0.4, 0.5) is 0 Å². The van der Waals surface area contributed by atoms with Crippen molar-refractivity contribution >= 4 is 5.91 Å². The second-order valence-electron chi connectivity index (χ2n) is 5.52. The number of ether oxygens (including phenoxy) is 1. The Morgan fingerprint density at radius 2 is 2.25 bits per heavy atom. The Morgan fingerprint density at radius 3 is 3.00 bits per heavy atom.